The molecule has 1 rings (SSSR count). The average Bonchev–Trinajstić information content (AvgIpc) is 2.18. The Balaban J connectivity index is 2.34. The Morgan fingerprint density at radius 2 is 2.20 bits per heavy atom. The van der Waals surface area contributed by atoms with Gasteiger partial charge in [0.25, 0.3) is 0 Å². The number of nitrogens with two attached hydrogens (primary N) is 1. The first-order chi connectivity index (χ1) is 7.22. The third-order valence-corrected chi connectivity index (χ3v) is 3.20. The Hall–Kier alpha value is -0.470. The molecule has 1 aromatic carbocycles. The van der Waals surface area contributed by atoms with Crippen LogP contribution in [0.1, 0.15) is 24.0 Å². The fourth-order valence-electron chi connectivity index (χ4n) is 1.73. The second-order valence-electron chi connectivity index (χ2n) is 4.09. The van der Waals surface area contributed by atoms with Crippen molar-refractivity contribution in [3.05, 3.63) is 35.4 Å². The maximum Gasteiger partial charge on any atom is 0.00796 e. The van der Waals surface area contributed by atoms with Gasteiger partial charge >= 0.3 is 0 Å². The molecule has 2 heteroatoms. The van der Waals surface area contributed by atoms with Crippen LogP contribution >= 0.6 is 11.8 Å². The van der Waals surface area contributed by atoms with Crippen LogP contribution in [0.15, 0.2) is 24.3 Å². The predicted octanol–water partition coefficient (Wildman–Crippen LogP) is 3.01. The molecule has 1 unspecified atom stereocenters. The Bertz CT molecular complexity index is 286. The van der Waals surface area contributed by atoms with Crippen LogP contribution in [0.3, 0.4) is 0 Å². The molecule has 1 atom stereocenters. The van der Waals surface area contributed by atoms with E-state index in [-0.39, 0.29) is 0 Å². The molecule has 15 heavy (non-hydrogen) atoms. The van der Waals surface area contributed by atoms with E-state index in [1.807, 2.05) is 11.8 Å². The largest absolute Gasteiger partial charge is 0.327 e. The molecule has 0 bridgehead atoms. The van der Waals surface area contributed by atoms with Gasteiger partial charge in [-0.1, -0.05) is 29.8 Å². The van der Waals surface area contributed by atoms with Gasteiger partial charge in [-0.2, -0.15) is 11.8 Å². The maximum absolute atomic E-state index is 6.09. The summed E-state index contributed by atoms with van der Waals surface area (Å²) >= 11 is 1.90. The minimum absolute atomic E-state index is 0.318. The van der Waals surface area contributed by atoms with Gasteiger partial charge in [-0.25, -0.2) is 0 Å². The predicted molar refractivity (Wildman–Crippen MR) is 70.5 cm³/mol. The monoisotopic (exact) mass is 223 g/mol. The number of thioether (sulfide) groups is 1. The number of benzene rings is 1. The van der Waals surface area contributed by atoms with E-state index in [1.165, 1.54) is 23.3 Å². The molecule has 0 aliphatic rings. The molecular formula is C13H21NS. The van der Waals surface area contributed by atoms with Crippen molar-refractivity contribution in [2.45, 2.75) is 32.2 Å². The fraction of sp³-hybridized carbons (Fsp3) is 0.538. The zero-order valence-electron chi connectivity index (χ0n) is 9.70. The summed E-state index contributed by atoms with van der Waals surface area (Å²) in [4.78, 5) is 0. The third kappa shape index (κ3) is 5.24. The van der Waals surface area contributed by atoms with Crippen LogP contribution in [-0.4, -0.2) is 18.1 Å². The van der Waals surface area contributed by atoms with Crippen LogP contribution in [0.25, 0.3) is 0 Å². The number of hydrogen-bond acceptors (Lipinski definition) is 2. The van der Waals surface area contributed by atoms with Crippen LogP contribution in [-0.2, 0) is 6.42 Å². The van der Waals surface area contributed by atoms with Crippen molar-refractivity contribution in [1.29, 1.82) is 0 Å². The molecular weight excluding hydrogens is 202 g/mol. The molecule has 84 valence electrons. The van der Waals surface area contributed by atoms with Gasteiger partial charge in [-0.05, 0) is 43.8 Å². The van der Waals surface area contributed by atoms with Gasteiger partial charge in [0.05, 0.1) is 0 Å². The van der Waals surface area contributed by atoms with E-state index in [4.69, 9.17) is 5.73 Å². The summed E-state index contributed by atoms with van der Waals surface area (Å²) < 4.78 is 0. The summed E-state index contributed by atoms with van der Waals surface area (Å²) in [5.41, 5.74) is 8.78. The number of hydrogen-bond donors (Lipinski definition) is 1. The van der Waals surface area contributed by atoms with Gasteiger partial charge in [-0.3, -0.25) is 0 Å². The van der Waals surface area contributed by atoms with Gasteiger partial charge < -0.3 is 5.73 Å². The van der Waals surface area contributed by atoms with Crippen molar-refractivity contribution in [3.8, 4) is 0 Å². The smallest absolute Gasteiger partial charge is 0.00796 e. The molecule has 0 heterocycles. The van der Waals surface area contributed by atoms with E-state index < -0.39 is 0 Å². The lowest BCUT2D eigenvalue weighted by molar-refractivity contribution is 0.603. The topological polar surface area (TPSA) is 26.0 Å². The second kappa shape index (κ2) is 6.91. The SMILES string of the molecule is CSCCCC(N)Cc1cccc(C)c1. The molecule has 0 radical (unpaired) electrons. The fourth-order valence-corrected chi connectivity index (χ4v) is 2.19. The standard InChI is InChI=1S/C13H21NS/c1-11-5-3-6-12(9-11)10-13(14)7-4-8-15-2/h3,5-6,9,13H,4,7-8,10,14H2,1-2H3. The Labute approximate surface area is 97.4 Å². The average molecular weight is 223 g/mol. The summed E-state index contributed by atoms with van der Waals surface area (Å²) in [5, 5.41) is 0. The van der Waals surface area contributed by atoms with E-state index in [9.17, 15) is 0 Å². The quantitative estimate of drug-likeness (QED) is 0.750. The third-order valence-electron chi connectivity index (χ3n) is 2.50. The zero-order chi connectivity index (χ0) is 11.1. The van der Waals surface area contributed by atoms with Crippen LogP contribution in [0.2, 0.25) is 0 Å². The van der Waals surface area contributed by atoms with Crippen molar-refractivity contribution < 1.29 is 0 Å². The van der Waals surface area contributed by atoms with Crippen molar-refractivity contribution >= 4 is 11.8 Å². The number of rotatable bonds is 6. The van der Waals surface area contributed by atoms with Gasteiger partial charge in [0, 0.05) is 6.04 Å². The minimum Gasteiger partial charge on any atom is -0.327 e. The van der Waals surface area contributed by atoms with Crippen LogP contribution in [0, 0.1) is 6.92 Å². The molecule has 0 aromatic heterocycles. The van der Waals surface area contributed by atoms with Crippen molar-refractivity contribution in [3.63, 3.8) is 0 Å². The molecule has 0 saturated heterocycles. The first-order valence-corrected chi connectivity index (χ1v) is 6.92. The number of aryl methyl sites for hydroxylation is 1. The van der Waals surface area contributed by atoms with Gasteiger partial charge in [0.1, 0.15) is 0 Å². The first kappa shape index (κ1) is 12.6. The second-order valence-corrected chi connectivity index (χ2v) is 5.07. The highest BCUT2D eigenvalue weighted by Crippen LogP contribution is 2.09. The summed E-state index contributed by atoms with van der Waals surface area (Å²) in [6, 6.07) is 8.96. The molecule has 1 aromatic rings. The summed E-state index contributed by atoms with van der Waals surface area (Å²) in [5.74, 6) is 1.22. The van der Waals surface area contributed by atoms with Gasteiger partial charge in [0.15, 0.2) is 0 Å². The van der Waals surface area contributed by atoms with E-state index in [0.29, 0.717) is 6.04 Å². The summed E-state index contributed by atoms with van der Waals surface area (Å²) in [6.07, 6.45) is 5.52. The van der Waals surface area contributed by atoms with E-state index in [1.54, 1.807) is 0 Å². The van der Waals surface area contributed by atoms with Crippen LogP contribution in [0.5, 0.6) is 0 Å². The lowest BCUT2D eigenvalue weighted by Gasteiger charge is -2.11. The molecule has 0 aliphatic heterocycles. The lowest BCUT2D eigenvalue weighted by Crippen LogP contribution is -2.22. The Kier molecular flexibility index (Phi) is 5.81. The van der Waals surface area contributed by atoms with Crippen molar-refractivity contribution in [2.75, 3.05) is 12.0 Å². The molecule has 0 aliphatic carbocycles. The van der Waals surface area contributed by atoms with Crippen molar-refractivity contribution in [2.24, 2.45) is 5.73 Å². The van der Waals surface area contributed by atoms with E-state index in [2.05, 4.69) is 37.4 Å². The van der Waals surface area contributed by atoms with E-state index >= 15 is 0 Å². The molecule has 2 N–H and O–H groups in total. The molecule has 0 saturated carbocycles. The highest BCUT2D eigenvalue weighted by atomic mass is 32.2. The molecule has 1 nitrogen and oxygen atoms in total. The molecule has 0 spiro atoms. The lowest BCUT2D eigenvalue weighted by atomic mass is 10.0. The maximum atomic E-state index is 6.09. The normalized spacial score (nSPS) is 12.7. The van der Waals surface area contributed by atoms with Gasteiger partial charge in [-0.15, -0.1) is 0 Å². The molecule has 0 amide bonds. The van der Waals surface area contributed by atoms with E-state index in [0.717, 1.165) is 12.8 Å². The Morgan fingerprint density at radius 1 is 1.40 bits per heavy atom. The summed E-state index contributed by atoms with van der Waals surface area (Å²) in [6.45, 7) is 2.13. The summed E-state index contributed by atoms with van der Waals surface area (Å²) in [7, 11) is 0. The van der Waals surface area contributed by atoms with Crippen LogP contribution < -0.4 is 5.73 Å². The van der Waals surface area contributed by atoms with Crippen molar-refractivity contribution in [1.82, 2.24) is 0 Å². The minimum atomic E-state index is 0.318. The van der Waals surface area contributed by atoms with Gasteiger partial charge in [0.2, 0.25) is 0 Å². The van der Waals surface area contributed by atoms with Crippen LogP contribution in [0.4, 0.5) is 0 Å². The Morgan fingerprint density at radius 3 is 2.87 bits per heavy atom. The highest BCUT2D eigenvalue weighted by Gasteiger charge is 2.03. The highest BCUT2D eigenvalue weighted by molar-refractivity contribution is 7.98. The molecule has 0 fully saturated rings. The zero-order valence-corrected chi connectivity index (χ0v) is 10.5. The first-order valence-electron chi connectivity index (χ1n) is 5.52.